The first-order valence-corrected chi connectivity index (χ1v) is 13.1. The van der Waals surface area contributed by atoms with Crippen molar-refractivity contribution in [2.24, 2.45) is 0 Å². The summed E-state index contributed by atoms with van der Waals surface area (Å²) in [6.45, 7) is 14.3. The van der Waals surface area contributed by atoms with E-state index in [0.29, 0.717) is 5.57 Å². The van der Waals surface area contributed by atoms with Crippen LogP contribution in [0.25, 0.3) is 0 Å². The van der Waals surface area contributed by atoms with Gasteiger partial charge in [-0.2, -0.15) is 0 Å². The molecule has 0 aromatic heterocycles. The second-order valence-electron chi connectivity index (χ2n) is 9.66. The molecule has 0 aliphatic rings. The molecule has 30 heavy (non-hydrogen) atoms. The van der Waals surface area contributed by atoms with Gasteiger partial charge in [0.1, 0.15) is 0 Å². The Kier molecular flexibility index (Phi) is 18.4. The van der Waals surface area contributed by atoms with Crippen molar-refractivity contribution in [3.8, 4) is 0 Å². The summed E-state index contributed by atoms with van der Waals surface area (Å²) < 4.78 is 6.59. The van der Waals surface area contributed by atoms with Crippen LogP contribution in [0.15, 0.2) is 12.2 Å². The number of rotatable bonds is 21. The molecule has 3 nitrogen and oxygen atoms in total. The maximum Gasteiger partial charge on any atom is 0.337 e. The number of carbonyl (C=O) groups excluding carboxylic acids is 1. The van der Waals surface area contributed by atoms with Crippen LogP contribution < -0.4 is 0 Å². The molecule has 0 fully saturated rings. The summed E-state index contributed by atoms with van der Waals surface area (Å²) >= 11 is 0. The van der Waals surface area contributed by atoms with Gasteiger partial charge in [-0.05, 0) is 32.6 Å². The van der Waals surface area contributed by atoms with Crippen LogP contribution in [0.1, 0.15) is 130 Å². The van der Waals surface area contributed by atoms with Gasteiger partial charge in [-0.15, -0.1) is 0 Å². The summed E-state index contributed by atoms with van der Waals surface area (Å²) in [6.07, 6.45) is 21.2. The minimum atomic E-state index is -0.251. The van der Waals surface area contributed by atoms with E-state index in [1.165, 1.54) is 103 Å². The predicted molar refractivity (Wildman–Crippen MR) is 132 cm³/mol. The molecule has 178 valence electrons. The minimum Gasteiger partial charge on any atom is -0.409 e. The zero-order chi connectivity index (χ0) is 22.7. The molecule has 0 N–H and O–H groups in total. The number of carbonyl (C=O) groups is 1. The van der Waals surface area contributed by atoms with Crippen LogP contribution in [0.5, 0.6) is 0 Å². The monoisotopic (exact) mass is 424 g/mol. The number of hydrogen-bond acceptors (Lipinski definition) is 2. The lowest BCUT2D eigenvalue weighted by molar-refractivity contribution is -0.950. The van der Waals surface area contributed by atoms with Crippen LogP contribution in [-0.4, -0.2) is 36.8 Å². The van der Waals surface area contributed by atoms with E-state index in [1.54, 1.807) is 6.92 Å². The molecule has 0 bridgehead atoms. The highest BCUT2D eigenvalue weighted by Gasteiger charge is 2.31. The molecule has 0 aliphatic heterocycles. The average Bonchev–Trinajstić information content (AvgIpc) is 2.71. The van der Waals surface area contributed by atoms with Crippen molar-refractivity contribution in [3.63, 3.8) is 0 Å². The molecular formula is C27H54NO2+. The van der Waals surface area contributed by atoms with E-state index in [2.05, 4.69) is 34.4 Å². The Morgan fingerprint density at radius 2 is 1.07 bits per heavy atom. The smallest absolute Gasteiger partial charge is 0.337 e. The molecule has 0 saturated carbocycles. The predicted octanol–water partition coefficient (Wildman–Crippen LogP) is 8.18. The van der Waals surface area contributed by atoms with Crippen molar-refractivity contribution in [1.29, 1.82) is 0 Å². The fourth-order valence-corrected chi connectivity index (χ4v) is 4.07. The second kappa shape index (κ2) is 18.9. The van der Waals surface area contributed by atoms with E-state index in [9.17, 15) is 4.79 Å². The van der Waals surface area contributed by atoms with E-state index in [-0.39, 0.29) is 12.2 Å². The van der Waals surface area contributed by atoms with Crippen molar-refractivity contribution < 1.29 is 14.0 Å². The van der Waals surface area contributed by atoms with E-state index in [4.69, 9.17) is 4.74 Å². The van der Waals surface area contributed by atoms with E-state index >= 15 is 0 Å². The Labute approximate surface area is 189 Å². The first kappa shape index (κ1) is 29.2. The van der Waals surface area contributed by atoms with E-state index in [0.717, 1.165) is 17.6 Å². The number of esters is 1. The highest BCUT2D eigenvalue weighted by atomic mass is 16.6. The van der Waals surface area contributed by atoms with Gasteiger partial charge >= 0.3 is 5.97 Å². The minimum absolute atomic E-state index is 0.108. The Balaban J connectivity index is 4.37. The van der Waals surface area contributed by atoms with Crippen molar-refractivity contribution in [1.82, 2.24) is 0 Å². The Bertz CT molecular complexity index is 413. The van der Waals surface area contributed by atoms with Gasteiger partial charge in [0.05, 0.1) is 20.1 Å². The van der Waals surface area contributed by atoms with Crippen LogP contribution in [-0.2, 0) is 9.53 Å². The van der Waals surface area contributed by atoms with Gasteiger partial charge in [0.2, 0.25) is 6.23 Å². The van der Waals surface area contributed by atoms with Gasteiger partial charge in [0.25, 0.3) is 0 Å². The average molecular weight is 425 g/mol. The maximum absolute atomic E-state index is 12.1. The molecule has 0 saturated heterocycles. The lowest BCUT2D eigenvalue weighted by Crippen LogP contribution is -2.54. The van der Waals surface area contributed by atoms with E-state index < -0.39 is 0 Å². The highest BCUT2D eigenvalue weighted by molar-refractivity contribution is 5.86. The number of nitrogens with zero attached hydrogens (tertiary/aromatic N) is 1. The Morgan fingerprint density at radius 3 is 1.40 bits per heavy atom. The van der Waals surface area contributed by atoms with Crippen molar-refractivity contribution in [2.75, 3.05) is 20.1 Å². The van der Waals surface area contributed by atoms with Gasteiger partial charge < -0.3 is 4.74 Å². The standard InChI is InChI=1S/C27H54NO2/c1-7-9-11-13-15-17-19-21-23-28(6,26(5)30-27(29)25(3)4)24-22-20-18-16-14-12-10-8-2/h26H,3,7-24H2,1-2,4-6H3/q+1. The molecule has 0 amide bonds. The normalized spacial score (nSPS) is 12.7. The molecule has 0 aromatic carbocycles. The molecular weight excluding hydrogens is 370 g/mol. The molecule has 0 aliphatic carbocycles. The van der Waals surface area contributed by atoms with Crippen LogP contribution >= 0.6 is 0 Å². The molecule has 0 aromatic rings. The zero-order valence-corrected chi connectivity index (χ0v) is 21.3. The van der Waals surface area contributed by atoms with Crippen molar-refractivity contribution in [3.05, 3.63) is 12.2 Å². The number of hydrogen-bond donors (Lipinski definition) is 0. The lowest BCUT2D eigenvalue weighted by Gasteiger charge is -2.39. The van der Waals surface area contributed by atoms with Gasteiger partial charge in [-0.1, -0.05) is 97.5 Å². The van der Waals surface area contributed by atoms with Crippen molar-refractivity contribution in [2.45, 2.75) is 137 Å². The van der Waals surface area contributed by atoms with Crippen LogP contribution in [0.2, 0.25) is 0 Å². The van der Waals surface area contributed by atoms with Crippen LogP contribution in [0.3, 0.4) is 0 Å². The SMILES string of the molecule is C=C(C)C(=O)OC(C)[N+](C)(CCCCCCCCCC)CCCCCCCCCC. The highest BCUT2D eigenvalue weighted by Crippen LogP contribution is 2.19. The fraction of sp³-hybridized carbons (Fsp3) is 0.889. The topological polar surface area (TPSA) is 26.3 Å². The van der Waals surface area contributed by atoms with Crippen LogP contribution in [0, 0.1) is 0 Å². The molecule has 1 unspecified atom stereocenters. The molecule has 0 heterocycles. The molecule has 0 radical (unpaired) electrons. The third kappa shape index (κ3) is 15.0. The van der Waals surface area contributed by atoms with Gasteiger partial charge in [0, 0.05) is 12.5 Å². The van der Waals surface area contributed by atoms with Gasteiger partial charge in [-0.25, -0.2) is 4.79 Å². The molecule has 0 spiro atoms. The lowest BCUT2D eigenvalue weighted by atomic mass is 10.1. The van der Waals surface area contributed by atoms with Crippen molar-refractivity contribution >= 4 is 5.97 Å². The number of unbranched alkanes of at least 4 members (excludes halogenated alkanes) is 14. The van der Waals surface area contributed by atoms with Gasteiger partial charge in [-0.3, -0.25) is 4.48 Å². The number of quaternary nitrogens is 1. The largest absolute Gasteiger partial charge is 0.409 e. The maximum atomic E-state index is 12.1. The number of ether oxygens (including phenoxy) is 1. The second-order valence-corrected chi connectivity index (χ2v) is 9.66. The summed E-state index contributed by atoms with van der Waals surface area (Å²) in [6, 6.07) is 0. The summed E-state index contributed by atoms with van der Waals surface area (Å²) in [5, 5.41) is 0. The quantitative estimate of drug-likeness (QED) is 0.0610. The molecule has 3 heteroatoms. The summed E-state index contributed by atoms with van der Waals surface area (Å²) in [5.41, 5.74) is 0.493. The summed E-state index contributed by atoms with van der Waals surface area (Å²) in [7, 11) is 2.28. The molecule has 0 rings (SSSR count). The molecule has 1 atom stereocenters. The van der Waals surface area contributed by atoms with Crippen LogP contribution in [0.4, 0.5) is 0 Å². The first-order valence-electron chi connectivity index (χ1n) is 13.1. The summed E-state index contributed by atoms with van der Waals surface area (Å²) in [5.74, 6) is -0.251. The zero-order valence-electron chi connectivity index (χ0n) is 21.3. The summed E-state index contributed by atoms with van der Waals surface area (Å²) in [4.78, 5) is 12.1. The Hall–Kier alpha value is -0.830. The van der Waals surface area contributed by atoms with E-state index in [1.807, 2.05) is 0 Å². The third-order valence-electron chi connectivity index (χ3n) is 6.55. The fourth-order valence-electron chi connectivity index (χ4n) is 4.07. The first-order chi connectivity index (χ1) is 14.4. The third-order valence-corrected chi connectivity index (χ3v) is 6.55. The van der Waals surface area contributed by atoms with Gasteiger partial charge in [0.15, 0.2) is 0 Å². The Morgan fingerprint density at radius 1 is 0.733 bits per heavy atom.